The second-order valence-electron chi connectivity index (χ2n) is 12.8. The number of aryl methyl sites for hydroxylation is 4. The van der Waals surface area contributed by atoms with Crippen LogP contribution in [0.25, 0.3) is 49.9 Å². The minimum Gasteiger partial charge on any atom is -0.397 e. The Balaban J connectivity index is 0.000000190. The molecule has 0 fully saturated rings. The molecule has 0 aliphatic heterocycles. The molecule has 4 aromatic heterocycles. The van der Waals surface area contributed by atoms with E-state index in [0.29, 0.717) is 11.9 Å². The van der Waals surface area contributed by atoms with E-state index in [2.05, 4.69) is 86.2 Å². The van der Waals surface area contributed by atoms with Crippen molar-refractivity contribution in [2.24, 2.45) is 0 Å². The molecule has 0 radical (unpaired) electrons. The van der Waals surface area contributed by atoms with Crippen LogP contribution in [0, 0.1) is 27.7 Å². The SMILES string of the molecule is C.C=C(c1ccccc1)c1cc(-c2c(C)noc2C)cc2[nH]c(N)nc12.CCO.Cc1noc(C)c1-c1cc(C(C)c2ccccc2)c2nc(N)[nH]c2c1. The van der Waals surface area contributed by atoms with E-state index < -0.39 is 0 Å². The Labute approximate surface area is 315 Å². The minimum absolute atomic E-state index is 0. The number of fused-ring (bicyclic) bond motifs is 2. The number of aliphatic hydroxyl groups is 1. The summed E-state index contributed by atoms with van der Waals surface area (Å²) in [4.78, 5) is 15.2. The van der Waals surface area contributed by atoms with Gasteiger partial charge in [-0.2, -0.15) is 0 Å². The van der Waals surface area contributed by atoms with Crippen molar-refractivity contribution in [3.63, 3.8) is 0 Å². The summed E-state index contributed by atoms with van der Waals surface area (Å²) in [5.41, 5.74) is 26.4. The van der Waals surface area contributed by atoms with E-state index in [1.807, 2.05) is 70.2 Å². The van der Waals surface area contributed by atoms with Gasteiger partial charge in [-0.05, 0) is 92.3 Å². The lowest BCUT2D eigenvalue weighted by atomic mass is 9.89. The van der Waals surface area contributed by atoms with E-state index in [1.165, 1.54) is 5.56 Å². The van der Waals surface area contributed by atoms with Gasteiger partial charge in [-0.15, -0.1) is 0 Å². The van der Waals surface area contributed by atoms with Gasteiger partial charge in [-0.25, -0.2) is 9.97 Å². The maximum Gasteiger partial charge on any atom is 0.198 e. The lowest BCUT2D eigenvalue weighted by Gasteiger charge is -2.15. The fraction of sp³-hybridized carbons (Fsp3) is 0.209. The van der Waals surface area contributed by atoms with E-state index in [4.69, 9.17) is 25.6 Å². The molecule has 1 unspecified atom stereocenters. The molecule has 4 aromatic carbocycles. The van der Waals surface area contributed by atoms with Crippen molar-refractivity contribution in [2.75, 3.05) is 18.1 Å². The average molecular weight is 725 g/mol. The molecule has 0 amide bonds. The molecule has 0 spiro atoms. The summed E-state index contributed by atoms with van der Waals surface area (Å²) < 4.78 is 10.7. The highest BCUT2D eigenvalue weighted by atomic mass is 16.5. The Bertz CT molecular complexity index is 2470. The number of nitrogen functional groups attached to an aromatic ring is 2. The van der Waals surface area contributed by atoms with Crippen molar-refractivity contribution >= 4 is 39.5 Å². The maximum atomic E-state index is 7.57. The van der Waals surface area contributed by atoms with Gasteiger partial charge in [0.25, 0.3) is 0 Å². The number of anilines is 2. The van der Waals surface area contributed by atoms with E-state index in [0.717, 1.165) is 89.5 Å². The third-order valence-electron chi connectivity index (χ3n) is 9.10. The molecule has 0 bridgehead atoms. The molecule has 0 aliphatic rings. The smallest absolute Gasteiger partial charge is 0.198 e. The highest BCUT2D eigenvalue weighted by Crippen LogP contribution is 2.37. The largest absolute Gasteiger partial charge is 0.397 e. The van der Waals surface area contributed by atoms with E-state index in [9.17, 15) is 0 Å². The number of nitrogens with one attached hydrogen (secondary N) is 2. The Morgan fingerprint density at radius 3 is 1.70 bits per heavy atom. The Hall–Kier alpha value is -6.46. The quantitative estimate of drug-likeness (QED) is 0.111. The zero-order chi connectivity index (χ0) is 37.8. The van der Waals surface area contributed by atoms with Gasteiger partial charge in [0.15, 0.2) is 11.9 Å². The third kappa shape index (κ3) is 7.81. The van der Waals surface area contributed by atoms with Crippen molar-refractivity contribution < 1.29 is 14.2 Å². The zero-order valence-corrected chi connectivity index (χ0v) is 30.8. The predicted molar refractivity (Wildman–Crippen MR) is 219 cm³/mol. The first kappa shape index (κ1) is 38.8. The lowest BCUT2D eigenvalue weighted by Crippen LogP contribution is -1.98. The van der Waals surface area contributed by atoms with E-state index in [-0.39, 0.29) is 20.0 Å². The first-order valence-electron chi connectivity index (χ1n) is 17.4. The minimum atomic E-state index is 0. The number of nitrogens with zero attached hydrogens (tertiary/aromatic N) is 4. The molecule has 7 N–H and O–H groups in total. The van der Waals surface area contributed by atoms with Gasteiger partial charge < -0.3 is 35.6 Å². The van der Waals surface area contributed by atoms with Crippen molar-refractivity contribution in [1.29, 1.82) is 0 Å². The van der Waals surface area contributed by atoms with Crippen molar-refractivity contribution in [2.45, 2.75) is 54.9 Å². The van der Waals surface area contributed by atoms with Crippen LogP contribution >= 0.6 is 0 Å². The maximum absolute atomic E-state index is 7.57. The van der Waals surface area contributed by atoms with Gasteiger partial charge in [0.2, 0.25) is 0 Å². The number of nitrogens with two attached hydrogens (primary N) is 2. The summed E-state index contributed by atoms with van der Waals surface area (Å²) in [5.74, 6) is 2.58. The van der Waals surface area contributed by atoms with Crippen LogP contribution in [0.4, 0.5) is 11.9 Å². The number of rotatable bonds is 6. The topological polar surface area (TPSA) is 182 Å². The van der Waals surface area contributed by atoms with Gasteiger partial charge >= 0.3 is 0 Å². The zero-order valence-electron chi connectivity index (χ0n) is 30.8. The summed E-state index contributed by atoms with van der Waals surface area (Å²) in [6.45, 7) is 16.1. The third-order valence-corrected chi connectivity index (χ3v) is 9.10. The van der Waals surface area contributed by atoms with Crippen molar-refractivity contribution in [3.05, 3.63) is 137 Å². The van der Waals surface area contributed by atoms with E-state index in [1.54, 1.807) is 6.92 Å². The summed E-state index contributed by atoms with van der Waals surface area (Å²) in [7, 11) is 0. The van der Waals surface area contributed by atoms with Crippen LogP contribution in [0.5, 0.6) is 0 Å². The number of hydrogen-bond donors (Lipinski definition) is 5. The number of benzene rings is 4. The number of hydrogen-bond acceptors (Lipinski definition) is 9. The molecule has 54 heavy (non-hydrogen) atoms. The molecule has 4 heterocycles. The molecule has 11 nitrogen and oxygen atoms in total. The fourth-order valence-electron chi connectivity index (χ4n) is 6.66. The first-order valence-corrected chi connectivity index (χ1v) is 17.4. The molecule has 1 atom stereocenters. The summed E-state index contributed by atoms with van der Waals surface area (Å²) >= 11 is 0. The van der Waals surface area contributed by atoms with Crippen LogP contribution in [0.1, 0.15) is 72.4 Å². The van der Waals surface area contributed by atoms with Crippen LogP contribution in [-0.2, 0) is 0 Å². The van der Waals surface area contributed by atoms with Crippen LogP contribution in [0.2, 0.25) is 0 Å². The number of H-pyrrole nitrogens is 2. The molecule has 0 saturated heterocycles. The molecule has 8 rings (SSSR count). The standard InChI is InChI=1S/C20H20N4O.C20H18N4O.C2H6O.CH4/c2*1-11(14-7-5-4-6-8-14)16-9-15(18-12(2)24-25-13(18)3)10-17-19(16)23-20(21)22-17;1-2-3;/h4-11H,1-3H3,(H3,21,22,23);4-10H,1H2,2-3H3,(H3,21,22,23);3H,2H2,1H3;1H4. The van der Waals surface area contributed by atoms with E-state index >= 15 is 0 Å². The molecule has 0 saturated carbocycles. The summed E-state index contributed by atoms with van der Waals surface area (Å²) in [6.07, 6.45) is 0. The van der Waals surface area contributed by atoms with Gasteiger partial charge in [0.1, 0.15) is 11.5 Å². The predicted octanol–water partition coefficient (Wildman–Crippen LogP) is 9.68. The fourth-order valence-corrected chi connectivity index (χ4v) is 6.66. The highest BCUT2D eigenvalue weighted by Gasteiger charge is 2.20. The monoisotopic (exact) mass is 724 g/mol. The van der Waals surface area contributed by atoms with Gasteiger partial charge in [-0.3, -0.25) is 0 Å². The molecule has 278 valence electrons. The number of imidazole rings is 2. The number of aliphatic hydroxyl groups excluding tert-OH is 1. The van der Waals surface area contributed by atoms with Crippen molar-refractivity contribution in [1.82, 2.24) is 30.2 Å². The van der Waals surface area contributed by atoms with Crippen LogP contribution in [0.3, 0.4) is 0 Å². The lowest BCUT2D eigenvalue weighted by molar-refractivity contribution is 0.318. The number of aromatic nitrogens is 6. The molecular formula is C43H48N8O3. The number of aromatic amines is 2. The van der Waals surface area contributed by atoms with Crippen LogP contribution in [0.15, 0.2) is 101 Å². The molecular weight excluding hydrogens is 677 g/mol. The summed E-state index contributed by atoms with van der Waals surface area (Å²) in [5, 5.41) is 15.7. The van der Waals surface area contributed by atoms with Gasteiger partial charge in [-0.1, -0.05) is 91.9 Å². The second-order valence-corrected chi connectivity index (χ2v) is 12.8. The Morgan fingerprint density at radius 1 is 0.741 bits per heavy atom. The second kappa shape index (κ2) is 16.5. The first-order chi connectivity index (χ1) is 25.5. The molecule has 8 aromatic rings. The van der Waals surface area contributed by atoms with Crippen LogP contribution in [-0.4, -0.2) is 42.0 Å². The molecule has 0 aliphatic carbocycles. The Morgan fingerprint density at radius 2 is 1.20 bits per heavy atom. The van der Waals surface area contributed by atoms with Crippen molar-refractivity contribution in [3.8, 4) is 22.3 Å². The molecule has 11 heteroatoms. The van der Waals surface area contributed by atoms with Gasteiger partial charge in [0.05, 0.1) is 33.5 Å². The summed E-state index contributed by atoms with van der Waals surface area (Å²) in [6, 6.07) is 28.8. The highest BCUT2D eigenvalue weighted by molar-refractivity contribution is 5.97. The Kier molecular flexibility index (Phi) is 11.8. The van der Waals surface area contributed by atoms with Gasteiger partial charge in [0, 0.05) is 29.2 Å². The average Bonchev–Trinajstić information content (AvgIpc) is 3.91. The van der Waals surface area contributed by atoms with Crippen LogP contribution < -0.4 is 11.5 Å². The normalized spacial score (nSPS) is 11.3.